The van der Waals surface area contributed by atoms with Crippen molar-refractivity contribution in [3.63, 3.8) is 0 Å². The molecular weight excluding hydrogens is 194 g/mol. The molecule has 1 fully saturated rings. The zero-order valence-corrected chi connectivity index (χ0v) is 8.20. The van der Waals surface area contributed by atoms with Crippen LogP contribution in [-0.2, 0) is 4.74 Å². The Labute approximate surface area is 86.5 Å². The minimum atomic E-state index is 0.638. The first-order chi connectivity index (χ1) is 7.43. The van der Waals surface area contributed by atoms with E-state index in [1.54, 1.807) is 10.7 Å². The van der Waals surface area contributed by atoms with Crippen molar-refractivity contribution in [1.29, 1.82) is 0 Å². The van der Waals surface area contributed by atoms with Gasteiger partial charge in [0.2, 0.25) is 5.95 Å². The van der Waals surface area contributed by atoms with E-state index in [0.29, 0.717) is 5.78 Å². The van der Waals surface area contributed by atoms with Crippen LogP contribution in [-0.4, -0.2) is 45.9 Å². The molecule has 6 heteroatoms. The predicted molar refractivity (Wildman–Crippen MR) is 53.8 cm³/mol. The Morgan fingerprint density at radius 1 is 1.27 bits per heavy atom. The quantitative estimate of drug-likeness (QED) is 0.654. The van der Waals surface area contributed by atoms with Gasteiger partial charge in [0.1, 0.15) is 0 Å². The summed E-state index contributed by atoms with van der Waals surface area (Å²) in [6.07, 6.45) is 3.56. The minimum absolute atomic E-state index is 0.638. The van der Waals surface area contributed by atoms with Crippen LogP contribution in [0, 0.1) is 0 Å². The lowest BCUT2D eigenvalue weighted by Gasteiger charge is -2.25. The number of aromatic nitrogens is 4. The highest BCUT2D eigenvalue weighted by Crippen LogP contribution is 2.10. The zero-order chi connectivity index (χ0) is 10.1. The largest absolute Gasteiger partial charge is 0.378 e. The fraction of sp³-hybridized carbons (Fsp3) is 0.444. The molecule has 0 aromatic carbocycles. The molecule has 0 spiro atoms. The summed E-state index contributed by atoms with van der Waals surface area (Å²) in [6, 6.07) is 1.84. The molecular formula is C9H11N5O. The van der Waals surface area contributed by atoms with Gasteiger partial charge in [-0.05, 0) is 6.07 Å². The number of nitrogens with zero attached hydrogens (tertiary/aromatic N) is 5. The molecule has 1 aliphatic rings. The number of anilines is 1. The summed E-state index contributed by atoms with van der Waals surface area (Å²) in [5.74, 6) is 1.37. The second-order valence-corrected chi connectivity index (χ2v) is 3.38. The molecule has 2 aromatic heterocycles. The number of fused-ring (bicyclic) bond motifs is 1. The highest BCUT2D eigenvalue weighted by Gasteiger charge is 2.15. The standard InChI is InChI=1S/C9H11N5O/c1-2-10-8-11-9(12-14(8)3-1)13-4-6-15-7-5-13/h1-3H,4-7H2. The van der Waals surface area contributed by atoms with Crippen LogP contribution in [0.15, 0.2) is 18.5 Å². The molecule has 15 heavy (non-hydrogen) atoms. The molecule has 3 rings (SSSR count). The average molecular weight is 205 g/mol. The molecule has 0 saturated carbocycles. The van der Waals surface area contributed by atoms with Crippen LogP contribution >= 0.6 is 0 Å². The molecule has 0 radical (unpaired) electrons. The monoisotopic (exact) mass is 205 g/mol. The molecule has 1 saturated heterocycles. The van der Waals surface area contributed by atoms with Gasteiger partial charge in [0, 0.05) is 25.5 Å². The van der Waals surface area contributed by atoms with E-state index in [4.69, 9.17) is 4.74 Å². The number of hydrogen-bond donors (Lipinski definition) is 0. The third-order valence-corrected chi connectivity index (χ3v) is 2.40. The van der Waals surface area contributed by atoms with E-state index in [9.17, 15) is 0 Å². The maximum Gasteiger partial charge on any atom is 0.253 e. The first-order valence-corrected chi connectivity index (χ1v) is 4.93. The Morgan fingerprint density at radius 3 is 2.93 bits per heavy atom. The molecule has 3 heterocycles. The van der Waals surface area contributed by atoms with E-state index in [0.717, 1.165) is 32.3 Å². The van der Waals surface area contributed by atoms with Crippen LogP contribution in [0.3, 0.4) is 0 Å². The lowest BCUT2D eigenvalue weighted by atomic mass is 10.4. The van der Waals surface area contributed by atoms with Crippen molar-refractivity contribution in [1.82, 2.24) is 19.6 Å². The second-order valence-electron chi connectivity index (χ2n) is 3.38. The van der Waals surface area contributed by atoms with Gasteiger partial charge in [0.05, 0.1) is 13.2 Å². The minimum Gasteiger partial charge on any atom is -0.378 e. The summed E-state index contributed by atoms with van der Waals surface area (Å²) in [4.78, 5) is 10.6. The second kappa shape index (κ2) is 3.47. The molecule has 2 aromatic rings. The zero-order valence-electron chi connectivity index (χ0n) is 8.20. The van der Waals surface area contributed by atoms with Crippen LogP contribution < -0.4 is 4.90 Å². The third-order valence-electron chi connectivity index (χ3n) is 2.40. The van der Waals surface area contributed by atoms with E-state index >= 15 is 0 Å². The van der Waals surface area contributed by atoms with Gasteiger partial charge in [0.25, 0.3) is 5.78 Å². The Balaban J connectivity index is 1.96. The van der Waals surface area contributed by atoms with E-state index in [1.807, 2.05) is 12.3 Å². The normalized spacial score (nSPS) is 17.2. The Morgan fingerprint density at radius 2 is 2.13 bits per heavy atom. The number of hydrogen-bond acceptors (Lipinski definition) is 5. The summed E-state index contributed by atoms with van der Waals surface area (Å²) >= 11 is 0. The molecule has 0 amide bonds. The third kappa shape index (κ3) is 1.52. The summed E-state index contributed by atoms with van der Waals surface area (Å²) < 4.78 is 6.96. The first kappa shape index (κ1) is 8.60. The van der Waals surface area contributed by atoms with Gasteiger partial charge in [-0.2, -0.15) is 4.98 Å². The van der Waals surface area contributed by atoms with Crippen molar-refractivity contribution < 1.29 is 4.74 Å². The number of morpholine rings is 1. The average Bonchev–Trinajstić information content (AvgIpc) is 2.74. The lowest BCUT2D eigenvalue weighted by Crippen LogP contribution is -2.36. The smallest absolute Gasteiger partial charge is 0.253 e. The first-order valence-electron chi connectivity index (χ1n) is 4.93. The summed E-state index contributed by atoms with van der Waals surface area (Å²) in [5, 5.41) is 4.35. The molecule has 1 aliphatic heterocycles. The van der Waals surface area contributed by atoms with Gasteiger partial charge in [0.15, 0.2) is 0 Å². The van der Waals surface area contributed by atoms with Crippen molar-refractivity contribution in [3.8, 4) is 0 Å². The summed E-state index contributed by atoms with van der Waals surface area (Å²) in [7, 11) is 0. The van der Waals surface area contributed by atoms with Crippen LogP contribution in [0.1, 0.15) is 0 Å². The summed E-state index contributed by atoms with van der Waals surface area (Å²) in [6.45, 7) is 3.17. The fourth-order valence-electron chi connectivity index (χ4n) is 1.62. The van der Waals surface area contributed by atoms with Crippen molar-refractivity contribution in [2.75, 3.05) is 31.2 Å². The van der Waals surface area contributed by atoms with Crippen molar-refractivity contribution in [3.05, 3.63) is 18.5 Å². The van der Waals surface area contributed by atoms with Gasteiger partial charge in [-0.1, -0.05) is 0 Å². The molecule has 0 atom stereocenters. The Bertz CT molecular complexity index is 429. The highest BCUT2D eigenvalue weighted by atomic mass is 16.5. The maximum absolute atomic E-state index is 5.28. The van der Waals surface area contributed by atoms with E-state index < -0.39 is 0 Å². The topological polar surface area (TPSA) is 55.5 Å². The van der Waals surface area contributed by atoms with Crippen LogP contribution in [0.4, 0.5) is 5.95 Å². The molecule has 78 valence electrons. The van der Waals surface area contributed by atoms with Gasteiger partial charge in [-0.3, -0.25) is 0 Å². The van der Waals surface area contributed by atoms with Gasteiger partial charge >= 0.3 is 0 Å². The van der Waals surface area contributed by atoms with Crippen molar-refractivity contribution >= 4 is 11.7 Å². The van der Waals surface area contributed by atoms with Gasteiger partial charge < -0.3 is 9.64 Å². The molecule has 0 aliphatic carbocycles. The van der Waals surface area contributed by atoms with E-state index in [1.165, 1.54) is 0 Å². The Hall–Kier alpha value is -1.69. The van der Waals surface area contributed by atoms with Crippen LogP contribution in [0.25, 0.3) is 5.78 Å². The number of ether oxygens (including phenoxy) is 1. The van der Waals surface area contributed by atoms with Crippen LogP contribution in [0.2, 0.25) is 0 Å². The molecule has 0 unspecified atom stereocenters. The number of rotatable bonds is 1. The van der Waals surface area contributed by atoms with E-state index in [2.05, 4.69) is 20.0 Å². The maximum atomic E-state index is 5.28. The predicted octanol–water partition coefficient (Wildman–Crippen LogP) is -0.0391. The van der Waals surface area contributed by atoms with Crippen LogP contribution in [0.5, 0.6) is 0 Å². The van der Waals surface area contributed by atoms with Gasteiger partial charge in [-0.15, -0.1) is 5.10 Å². The highest BCUT2D eigenvalue weighted by molar-refractivity contribution is 5.38. The fourth-order valence-corrected chi connectivity index (χ4v) is 1.62. The molecule has 0 N–H and O–H groups in total. The van der Waals surface area contributed by atoms with Gasteiger partial charge in [-0.25, -0.2) is 9.50 Å². The summed E-state index contributed by atoms with van der Waals surface area (Å²) in [5.41, 5.74) is 0. The Kier molecular flexibility index (Phi) is 1.99. The molecule has 6 nitrogen and oxygen atoms in total. The van der Waals surface area contributed by atoms with Crippen molar-refractivity contribution in [2.45, 2.75) is 0 Å². The van der Waals surface area contributed by atoms with Crippen molar-refractivity contribution in [2.24, 2.45) is 0 Å². The van der Waals surface area contributed by atoms with E-state index in [-0.39, 0.29) is 0 Å². The molecule has 0 bridgehead atoms. The SMILES string of the molecule is c1cnc2nc(N3CCOCC3)nn2c1. The lowest BCUT2D eigenvalue weighted by molar-refractivity contribution is 0.122.